The third-order valence-corrected chi connectivity index (χ3v) is 5.13. The average molecular weight is 450 g/mol. The molecule has 0 bridgehead atoms. The summed E-state index contributed by atoms with van der Waals surface area (Å²) in [6, 6.07) is 22.2. The Kier molecular flexibility index (Phi) is 6.80. The third kappa shape index (κ3) is 4.57. The number of aromatic nitrogens is 2. The molecule has 0 aliphatic rings. The Balaban J connectivity index is 1.86. The van der Waals surface area contributed by atoms with E-state index in [2.05, 4.69) is 11.7 Å². The molecule has 3 aromatic carbocycles. The van der Waals surface area contributed by atoms with E-state index >= 15 is 0 Å². The molecule has 0 atom stereocenters. The lowest BCUT2D eigenvalue weighted by atomic mass is 10.1. The normalized spacial score (nSPS) is 10.8. The first-order valence-electron chi connectivity index (χ1n) is 10.6. The van der Waals surface area contributed by atoms with Gasteiger partial charge in [-0.1, -0.05) is 48.5 Å². The minimum absolute atomic E-state index is 0.105. The van der Waals surface area contributed by atoms with Crippen LogP contribution in [0.25, 0.3) is 22.3 Å². The topological polar surface area (TPSA) is 89.5 Å². The summed E-state index contributed by atoms with van der Waals surface area (Å²) in [7, 11) is 1.53. The highest BCUT2D eigenvalue weighted by Crippen LogP contribution is 2.33. The van der Waals surface area contributed by atoms with E-state index in [1.165, 1.54) is 11.8 Å². The Bertz CT molecular complexity index is 1470. The van der Waals surface area contributed by atoms with Crippen LogP contribution in [0.5, 0.6) is 11.5 Å². The van der Waals surface area contributed by atoms with Crippen molar-refractivity contribution < 1.29 is 9.47 Å². The zero-order chi connectivity index (χ0) is 23.9. The van der Waals surface area contributed by atoms with Crippen LogP contribution in [-0.4, -0.2) is 29.6 Å². The Hall–Kier alpha value is -4.70. The molecule has 0 spiro atoms. The maximum atomic E-state index is 13.3. The van der Waals surface area contributed by atoms with E-state index in [0.29, 0.717) is 40.2 Å². The number of nitrogens with zero attached hydrogens (tertiary/aromatic N) is 4. The van der Waals surface area contributed by atoms with Crippen molar-refractivity contribution in [2.75, 3.05) is 13.7 Å². The van der Waals surface area contributed by atoms with Crippen LogP contribution in [-0.2, 0) is 6.42 Å². The van der Waals surface area contributed by atoms with Gasteiger partial charge in [0.25, 0.3) is 5.56 Å². The second kappa shape index (κ2) is 10.3. The van der Waals surface area contributed by atoms with E-state index in [1.54, 1.807) is 30.5 Å². The van der Waals surface area contributed by atoms with Crippen molar-refractivity contribution in [1.29, 1.82) is 5.26 Å². The quantitative estimate of drug-likeness (QED) is 0.289. The van der Waals surface area contributed by atoms with Crippen molar-refractivity contribution in [3.8, 4) is 29.0 Å². The number of para-hydroxylation sites is 1. The van der Waals surface area contributed by atoms with Gasteiger partial charge in [-0.2, -0.15) is 15.0 Å². The van der Waals surface area contributed by atoms with Gasteiger partial charge >= 0.3 is 0 Å². The highest BCUT2D eigenvalue weighted by Gasteiger charge is 2.14. The average Bonchev–Trinajstić information content (AvgIpc) is 2.87. The van der Waals surface area contributed by atoms with Crippen molar-refractivity contribution in [3.63, 3.8) is 0 Å². The van der Waals surface area contributed by atoms with Gasteiger partial charge in [0, 0.05) is 11.1 Å². The second-order valence-electron chi connectivity index (χ2n) is 7.33. The molecule has 0 fully saturated rings. The summed E-state index contributed by atoms with van der Waals surface area (Å²) in [4.78, 5) is 18.0. The first-order valence-corrected chi connectivity index (χ1v) is 10.6. The molecule has 7 nitrogen and oxygen atoms in total. The second-order valence-corrected chi connectivity index (χ2v) is 7.33. The third-order valence-electron chi connectivity index (χ3n) is 5.13. The van der Waals surface area contributed by atoms with Gasteiger partial charge in [-0.15, -0.1) is 6.58 Å². The molecular weight excluding hydrogens is 428 g/mol. The van der Waals surface area contributed by atoms with Gasteiger partial charge in [0.15, 0.2) is 23.9 Å². The highest BCUT2D eigenvalue weighted by molar-refractivity contribution is 5.83. The maximum absolute atomic E-state index is 13.3. The van der Waals surface area contributed by atoms with Crippen LogP contribution in [0.4, 0.5) is 0 Å². The van der Waals surface area contributed by atoms with Crippen molar-refractivity contribution >= 4 is 17.1 Å². The number of benzene rings is 3. The molecule has 7 heteroatoms. The number of methoxy groups -OCH3 is 1. The van der Waals surface area contributed by atoms with E-state index in [4.69, 9.17) is 19.7 Å². The molecule has 4 aromatic rings. The number of hydrogen-bond donors (Lipinski definition) is 0. The SMILES string of the molecule is C=CCc1cc(C=Nn2c(-c3ccccc3)nc3ccccc3c2=O)cc(OC)c1OCC#N. The summed E-state index contributed by atoms with van der Waals surface area (Å²) in [6.45, 7) is 3.69. The smallest absolute Gasteiger partial charge is 0.282 e. The predicted octanol–water partition coefficient (Wildman–Crippen LogP) is 4.59. The fourth-order valence-corrected chi connectivity index (χ4v) is 3.61. The fraction of sp³-hybridized carbons (Fsp3) is 0.111. The molecule has 0 aliphatic heterocycles. The summed E-state index contributed by atoms with van der Waals surface area (Å²) in [5.41, 5.74) is 2.59. The van der Waals surface area contributed by atoms with Gasteiger partial charge in [-0.25, -0.2) is 4.98 Å². The van der Waals surface area contributed by atoms with Crippen LogP contribution in [0.3, 0.4) is 0 Å². The standard InChI is InChI=1S/C27H22N4O3/c1-3-9-21-16-19(17-24(33-2)25(21)34-15-14-28)18-29-31-26(20-10-5-4-6-11-20)30-23-13-8-7-12-22(23)27(31)32/h3-8,10-13,16-18H,1,9,15H2,2H3. The van der Waals surface area contributed by atoms with E-state index in [0.717, 1.165) is 11.1 Å². The predicted molar refractivity (Wildman–Crippen MR) is 132 cm³/mol. The molecule has 0 amide bonds. The summed E-state index contributed by atoms with van der Waals surface area (Å²) < 4.78 is 12.4. The monoisotopic (exact) mass is 450 g/mol. The Morgan fingerprint density at radius 3 is 2.65 bits per heavy atom. The lowest BCUT2D eigenvalue weighted by molar-refractivity contribution is 0.327. The van der Waals surface area contributed by atoms with Crippen LogP contribution in [0.1, 0.15) is 11.1 Å². The summed E-state index contributed by atoms with van der Waals surface area (Å²) in [5.74, 6) is 1.38. The number of allylic oxidation sites excluding steroid dienone is 1. The Morgan fingerprint density at radius 1 is 1.15 bits per heavy atom. The molecule has 4 rings (SSSR count). The number of rotatable bonds is 8. The first-order chi connectivity index (χ1) is 16.7. The Labute approximate surface area is 196 Å². The number of ether oxygens (including phenoxy) is 2. The zero-order valence-electron chi connectivity index (χ0n) is 18.6. The largest absolute Gasteiger partial charge is 0.493 e. The van der Waals surface area contributed by atoms with Crippen molar-refractivity contribution in [2.45, 2.75) is 6.42 Å². The van der Waals surface area contributed by atoms with E-state index in [1.807, 2.05) is 54.6 Å². The van der Waals surface area contributed by atoms with Gasteiger partial charge < -0.3 is 9.47 Å². The highest BCUT2D eigenvalue weighted by atomic mass is 16.5. The number of nitriles is 1. The molecule has 0 radical (unpaired) electrons. The first kappa shape index (κ1) is 22.5. The summed E-state index contributed by atoms with van der Waals surface area (Å²) >= 11 is 0. The fourth-order valence-electron chi connectivity index (χ4n) is 3.61. The number of fused-ring (bicyclic) bond motifs is 1. The molecule has 1 heterocycles. The van der Waals surface area contributed by atoms with Crippen LogP contribution in [0, 0.1) is 11.3 Å². The number of hydrogen-bond acceptors (Lipinski definition) is 6. The maximum Gasteiger partial charge on any atom is 0.282 e. The van der Waals surface area contributed by atoms with Gasteiger partial charge in [0.1, 0.15) is 6.07 Å². The molecule has 0 saturated heterocycles. The van der Waals surface area contributed by atoms with Gasteiger partial charge in [-0.3, -0.25) is 4.79 Å². The van der Waals surface area contributed by atoms with Gasteiger partial charge in [-0.05, 0) is 36.2 Å². The van der Waals surface area contributed by atoms with Crippen LogP contribution in [0.2, 0.25) is 0 Å². The van der Waals surface area contributed by atoms with Crippen LogP contribution < -0.4 is 15.0 Å². The zero-order valence-corrected chi connectivity index (χ0v) is 18.6. The van der Waals surface area contributed by atoms with E-state index in [9.17, 15) is 4.79 Å². The minimum Gasteiger partial charge on any atom is -0.493 e. The molecular formula is C27H22N4O3. The molecule has 168 valence electrons. The van der Waals surface area contributed by atoms with Crippen molar-refractivity contribution in [1.82, 2.24) is 9.66 Å². The lowest BCUT2D eigenvalue weighted by Gasteiger charge is -2.14. The van der Waals surface area contributed by atoms with Crippen LogP contribution >= 0.6 is 0 Å². The van der Waals surface area contributed by atoms with Crippen molar-refractivity contribution in [3.05, 3.63) is 101 Å². The summed E-state index contributed by atoms with van der Waals surface area (Å²) in [5, 5.41) is 13.9. The van der Waals surface area contributed by atoms with E-state index < -0.39 is 0 Å². The summed E-state index contributed by atoms with van der Waals surface area (Å²) in [6.07, 6.45) is 3.82. The molecule has 0 aliphatic carbocycles. The molecule has 1 aromatic heterocycles. The van der Waals surface area contributed by atoms with E-state index in [-0.39, 0.29) is 12.2 Å². The van der Waals surface area contributed by atoms with Crippen LogP contribution in [0.15, 0.2) is 89.3 Å². The minimum atomic E-state index is -0.270. The lowest BCUT2D eigenvalue weighted by Crippen LogP contribution is -2.20. The van der Waals surface area contributed by atoms with Crippen molar-refractivity contribution in [2.24, 2.45) is 5.10 Å². The molecule has 34 heavy (non-hydrogen) atoms. The van der Waals surface area contributed by atoms with Gasteiger partial charge in [0.05, 0.1) is 24.2 Å². The molecule has 0 unspecified atom stereocenters. The van der Waals surface area contributed by atoms with Gasteiger partial charge in [0.2, 0.25) is 0 Å². The molecule has 0 saturated carbocycles. The Morgan fingerprint density at radius 2 is 1.91 bits per heavy atom. The molecule has 0 N–H and O–H groups in total.